The van der Waals surface area contributed by atoms with E-state index in [4.69, 9.17) is 10.8 Å². The van der Waals surface area contributed by atoms with Crippen LogP contribution in [0.4, 0.5) is 0 Å². The quantitative estimate of drug-likeness (QED) is 0.508. The summed E-state index contributed by atoms with van der Waals surface area (Å²) in [6.07, 6.45) is 4.66. The average Bonchev–Trinajstić information content (AvgIpc) is 2.91. The van der Waals surface area contributed by atoms with Gasteiger partial charge in [-0.3, -0.25) is 15.7 Å². The summed E-state index contributed by atoms with van der Waals surface area (Å²) in [5.41, 5.74) is 0. The first-order chi connectivity index (χ1) is 8.59. The van der Waals surface area contributed by atoms with Gasteiger partial charge in [0.25, 0.3) is 0 Å². The number of hydrogen-bond donors (Lipinski definition) is 2. The highest BCUT2D eigenvalue weighted by molar-refractivity contribution is 5.95. The zero-order valence-electron chi connectivity index (χ0n) is 11.6. The van der Waals surface area contributed by atoms with E-state index in [9.17, 15) is 0 Å². The van der Waals surface area contributed by atoms with Crippen LogP contribution in [0.1, 0.15) is 32.6 Å². The van der Waals surface area contributed by atoms with Crippen LogP contribution in [-0.2, 0) is 0 Å². The molecule has 2 N–H and O–H groups in total. The number of rotatable bonds is 0. The highest BCUT2D eigenvalue weighted by atomic mass is 15.4. The average molecular weight is 251 g/mol. The predicted octanol–water partition coefficient (Wildman–Crippen LogP) is 1.62. The molecule has 0 aromatic rings. The normalized spacial score (nSPS) is 21.2. The largest absolute Gasteiger partial charge is 0.343 e. The molecule has 0 radical (unpaired) electrons. The summed E-state index contributed by atoms with van der Waals surface area (Å²) < 4.78 is 0. The van der Waals surface area contributed by atoms with Crippen molar-refractivity contribution >= 4 is 11.9 Å². The highest BCUT2D eigenvalue weighted by Crippen LogP contribution is 2.17. The molecule has 0 amide bonds. The molecule has 2 aliphatic heterocycles. The van der Waals surface area contributed by atoms with E-state index in [1.807, 2.05) is 7.05 Å². The zero-order chi connectivity index (χ0) is 13.1. The van der Waals surface area contributed by atoms with Gasteiger partial charge in [-0.2, -0.15) is 0 Å². The summed E-state index contributed by atoms with van der Waals surface area (Å²) in [7, 11) is 1.85. The molecule has 2 heterocycles. The van der Waals surface area contributed by atoms with Gasteiger partial charge in [0.2, 0.25) is 0 Å². The Hall–Kier alpha value is -1.26. The van der Waals surface area contributed by atoms with Crippen molar-refractivity contribution in [2.75, 3.05) is 33.2 Å². The Morgan fingerprint density at radius 2 is 1.39 bits per heavy atom. The van der Waals surface area contributed by atoms with E-state index >= 15 is 0 Å². The smallest absolute Gasteiger partial charge is 0.200 e. The fourth-order valence-corrected chi connectivity index (χ4v) is 2.67. The van der Waals surface area contributed by atoms with Gasteiger partial charge in [0.15, 0.2) is 11.9 Å². The van der Waals surface area contributed by atoms with Crippen molar-refractivity contribution in [1.29, 1.82) is 10.8 Å². The second kappa shape index (κ2) is 5.59. The van der Waals surface area contributed by atoms with Gasteiger partial charge in [-0.05, 0) is 31.6 Å². The fourth-order valence-electron chi connectivity index (χ4n) is 2.67. The SMILES string of the molecule is CC1CCN(C(=N)N(C)C(=N)N2CCCC2)CC1. The molecule has 18 heavy (non-hydrogen) atoms. The number of hydrogen-bond acceptors (Lipinski definition) is 2. The molecule has 2 aliphatic rings. The number of piperidine rings is 1. The number of guanidine groups is 2. The lowest BCUT2D eigenvalue weighted by Gasteiger charge is -2.37. The van der Waals surface area contributed by atoms with E-state index < -0.39 is 0 Å². The van der Waals surface area contributed by atoms with Crippen LogP contribution in [0.25, 0.3) is 0 Å². The molecule has 0 aliphatic carbocycles. The second-order valence-electron chi connectivity index (χ2n) is 5.57. The Morgan fingerprint density at radius 3 is 1.89 bits per heavy atom. The fraction of sp³-hybridized carbons (Fsp3) is 0.846. The minimum atomic E-state index is 0.483. The van der Waals surface area contributed by atoms with Gasteiger partial charge in [0.1, 0.15) is 0 Å². The Balaban J connectivity index is 1.89. The predicted molar refractivity (Wildman–Crippen MR) is 74.0 cm³/mol. The van der Waals surface area contributed by atoms with Crippen LogP contribution >= 0.6 is 0 Å². The Labute approximate surface area is 110 Å². The van der Waals surface area contributed by atoms with Gasteiger partial charge < -0.3 is 9.80 Å². The van der Waals surface area contributed by atoms with Crippen LogP contribution in [0.15, 0.2) is 0 Å². The molecule has 0 saturated carbocycles. The Bertz CT molecular complexity index is 313. The summed E-state index contributed by atoms with van der Waals surface area (Å²) in [4.78, 5) is 5.90. The Kier molecular flexibility index (Phi) is 4.09. The van der Waals surface area contributed by atoms with Gasteiger partial charge in [-0.1, -0.05) is 6.92 Å². The third-order valence-electron chi connectivity index (χ3n) is 4.12. The third kappa shape index (κ3) is 2.76. The van der Waals surface area contributed by atoms with Crippen molar-refractivity contribution in [3.63, 3.8) is 0 Å². The molecule has 5 nitrogen and oxygen atoms in total. The van der Waals surface area contributed by atoms with Crippen molar-refractivity contribution in [2.45, 2.75) is 32.6 Å². The van der Waals surface area contributed by atoms with E-state index in [1.54, 1.807) is 4.90 Å². The zero-order valence-corrected chi connectivity index (χ0v) is 11.6. The summed E-state index contributed by atoms with van der Waals surface area (Å²) >= 11 is 0. The van der Waals surface area contributed by atoms with Gasteiger partial charge >= 0.3 is 0 Å². The molecule has 0 atom stereocenters. The van der Waals surface area contributed by atoms with Crippen LogP contribution in [0.3, 0.4) is 0 Å². The molecule has 0 aromatic carbocycles. The molecule has 2 fully saturated rings. The first-order valence-corrected chi connectivity index (χ1v) is 7.00. The van der Waals surface area contributed by atoms with Gasteiger partial charge in [0, 0.05) is 33.2 Å². The molecular weight excluding hydrogens is 226 g/mol. The van der Waals surface area contributed by atoms with Crippen LogP contribution in [0, 0.1) is 16.7 Å². The topological polar surface area (TPSA) is 57.4 Å². The second-order valence-corrected chi connectivity index (χ2v) is 5.57. The molecule has 0 aromatic heterocycles. The summed E-state index contributed by atoms with van der Waals surface area (Å²) in [5, 5.41) is 16.4. The van der Waals surface area contributed by atoms with Gasteiger partial charge in [-0.15, -0.1) is 0 Å². The lowest BCUT2D eigenvalue weighted by atomic mass is 9.99. The van der Waals surface area contributed by atoms with Crippen LogP contribution in [0.5, 0.6) is 0 Å². The minimum Gasteiger partial charge on any atom is -0.343 e. The lowest BCUT2D eigenvalue weighted by Crippen LogP contribution is -2.51. The molecule has 0 unspecified atom stereocenters. The standard InChI is InChI=1S/C13H25N5/c1-11-5-9-18(10-6-11)13(15)16(2)12(14)17-7-3-4-8-17/h11,14-15H,3-10H2,1-2H3. The van der Waals surface area contributed by atoms with E-state index in [2.05, 4.69) is 16.7 Å². The van der Waals surface area contributed by atoms with Crippen LogP contribution in [0.2, 0.25) is 0 Å². The molecule has 0 bridgehead atoms. The third-order valence-corrected chi connectivity index (χ3v) is 4.12. The number of likely N-dealkylation sites (tertiary alicyclic amines) is 2. The van der Waals surface area contributed by atoms with E-state index in [1.165, 1.54) is 12.8 Å². The summed E-state index contributed by atoms with van der Waals surface area (Å²) in [5.74, 6) is 1.74. The molecular formula is C13H25N5. The maximum atomic E-state index is 8.23. The van der Waals surface area contributed by atoms with E-state index in [0.717, 1.165) is 44.9 Å². The van der Waals surface area contributed by atoms with Crippen molar-refractivity contribution in [2.24, 2.45) is 5.92 Å². The molecule has 0 spiro atoms. The molecule has 2 saturated heterocycles. The monoisotopic (exact) mass is 251 g/mol. The van der Waals surface area contributed by atoms with E-state index in [-0.39, 0.29) is 0 Å². The molecule has 102 valence electrons. The van der Waals surface area contributed by atoms with Crippen molar-refractivity contribution < 1.29 is 0 Å². The van der Waals surface area contributed by atoms with Gasteiger partial charge in [-0.25, -0.2) is 0 Å². The molecule has 5 heteroatoms. The Morgan fingerprint density at radius 1 is 0.944 bits per heavy atom. The van der Waals surface area contributed by atoms with E-state index in [0.29, 0.717) is 11.9 Å². The number of nitrogens with one attached hydrogen (secondary N) is 2. The first-order valence-electron chi connectivity index (χ1n) is 7.00. The first kappa shape index (κ1) is 13.2. The van der Waals surface area contributed by atoms with Gasteiger partial charge in [0.05, 0.1) is 0 Å². The summed E-state index contributed by atoms with van der Waals surface area (Å²) in [6.45, 7) is 6.12. The van der Waals surface area contributed by atoms with Crippen molar-refractivity contribution in [3.8, 4) is 0 Å². The maximum absolute atomic E-state index is 8.23. The number of nitrogens with zero attached hydrogens (tertiary/aromatic N) is 3. The van der Waals surface area contributed by atoms with Crippen molar-refractivity contribution in [3.05, 3.63) is 0 Å². The maximum Gasteiger partial charge on any atom is 0.200 e. The summed E-state index contributed by atoms with van der Waals surface area (Å²) in [6, 6.07) is 0. The van der Waals surface area contributed by atoms with Crippen LogP contribution in [-0.4, -0.2) is 59.8 Å². The lowest BCUT2D eigenvalue weighted by molar-refractivity contribution is 0.260. The minimum absolute atomic E-state index is 0.483. The van der Waals surface area contributed by atoms with Crippen LogP contribution < -0.4 is 0 Å². The highest BCUT2D eigenvalue weighted by Gasteiger charge is 2.25. The van der Waals surface area contributed by atoms with Crippen molar-refractivity contribution in [1.82, 2.24) is 14.7 Å². The molecule has 2 rings (SSSR count).